The van der Waals surface area contributed by atoms with Crippen molar-refractivity contribution < 1.29 is 9.50 Å². The van der Waals surface area contributed by atoms with Crippen LogP contribution in [0.3, 0.4) is 0 Å². The summed E-state index contributed by atoms with van der Waals surface area (Å²) in [6.45, 7) is 10.5. The third-order valence-corrected chi connectivity index (χ3v) is 5.10. The molecule has 0 spiro atoms. The van der Waals surface area contributed by atoms with E-state index in [-0.39, 0.29) is 17.2 Å². The minimum atomic E-state index is -0.607. The molecule has 1 heterocycles. The SMILES string of the molecule is CC(C)c1nc2c(c(-c3ccc(F)cc3)c1C(C)O)CCC2(C)C. The molecule has 1 aromatic carbocycles. The van der Waals surface area contributed by atoms with Gasteiger partial charge in [0.2, 0.25) is 0 Å². The van der Waals surface area contributed by atoms with Gasteiger partial charge in [-0.15, -0.1) is 0 Å². The number of aliphatic hydroxyl groups is 1. The number of pyridine rings is 1. The normalized spacial score (nSPS) is 17.2. The van der Waals surface area contributed by atoms with Gasteiger partial charge in [0.1, 0.15) is 5.82 Å². The molecule has 24 heavy (non-hydrogen) atoms. The number of aromatic nitrogens is 1. The van der Waals surface area contributed by atoms with E-state index in [0.717, 1.165) is 40.9 Å². The van der Waals surface area contributed by atoms with Gasteiger partial charge in [0.25, 0.3) is 0 Å². The van der Waals surface area contributed by atoms with Crippen molar-refractivity contribution in [2.45, 2.75) is 64.9 Å². The average Bonchev–Trinajstić information content (AvgIpc) is 2.81. The van der Waals surface area contributed by atoms with E-state index in [2.05, 4.69) is 27.7 Å². The van der Waals surface area contributed by atoms with Crippen LogP contribution in [0.1, 0.15) is 75.6 Å². The molecule has 1 atom stereocenters. The molecule has 128 valence electrons. The molecule has 1 aromatic heterocycles. The Morgan fingerprint density at radius 1 is 1.12 bits per heavy atom. The van der Waals surface area contributed by atoms with Crippen molar-refractivity contribution in [1.29, 1.82) is 0 Å². The van der Waals surface area contributed by atoms with E-state index < -0.39 is 6.10 Å². The summed E-state index contributed by atoms with van der Waals surface area (Å²) in [7, 11) is 0. The fourth-order valence-corrected chi connectivity index (χ4v) is 3.83. The second kappa shape index (κ2) is 5.96. The summed E-state index contributed by atoms with van der Waals surface area (Å²) in [4.78, 5) is 5.00. The maximum Gasteiger partial charge on any atom is 0.123 e. The molecular formula is C21H26FNO. The summed E-state index contributed by atoms with van der Waals surface area (Å²) in [5.41, 5.74) is 6.26. The van der Waals surface area contributed by atoms with Crippen LogP contribution in [0.5, 0.6) is 0 Å². The van der Waals surface area contributed by atoms with Gasteiger partial charge in [0.15, 0.2) is 0 Å². The van der Waals surface area contributed by atoms with Gasteiger partial charge in [-0.2, -0.15) is 0 Å². The molecule has 1 N–H and O–H groups in total. The van der Waals surface area contributed by atoms with Gasteiger partial charge in [0.05, 0.1) is 11.8 Å². The number of nitrogens with zero attached hydrogens (tertiary/aromatic N) is 1. The largest absolute Gasteiger partial charge is 0.389 e. The first kappa shape index (κ1) is 17.1. The van der Waals surface area contributed by atoms with Crippen molar-refractivity contribution in [2.75, 3.05) is 0 Å². The molecule has 2 aromatic rings. The standard InChI is InChI=1S/C21H26FNO/c1-12(2)19-17(13(3)24)18(14-6-8-15(22)9-7-14)16-10-11-21(4,5)20(16)23-19/h6-9,12-13,24H,10-11H2,1-5H3. The summed E-state index contributed by atoms with van der Waals surface area (Å²) >= 11 is 0. The maximum atomic E-state index is 13.4. The Morgan fingerprint density at radius 3 is 2.29 bits per heavy atom. The van der Waals surface area contributed by atoms with E-state index >= 15 is 0 Å². The fraction of sp³-hybridized carbons (Fsp3) is 0.476. The van der Waals surface area contributed by atoms with Gasteiger partial charge in [0, 0.05) is 16.7 Å². The Hall–Kier alpha value is -1.74. The summed E-state index contributed by atoms with van der Waals surface area (Å²) in [5.74, 6) is -0.0250. The maximum absolute atomic E-state index is 13.4. The summed E-state index contributed by atoms with van der Waals surface area (Å²) in [6.07, 6.45) is 1.38. The molecule has 0 amide bonds. The number of hydrogen-bond acceptors (Lipinski definition) is 2. The minimum Gasteiger partial charge on any atom is -0.389 e. The molecule has 0 bridgehead atoms. The first-order chi connectivity index (χ1) is 11.2. The van der Waals surface area contributed by atoms with Crippen LogP contribution < -0.4 is 0 Å². The topological polar surface area (TPSA) is 33.1 Å². The summed E-state index contributed by atoms with van der Waals surface area (Å²) in [5, 5.41) is 10.5. The van der Waals surface area contributed by atoms with Crippen molar-refractivity contribution in [3.63, 3.8) is 0 Å². The predicted octanol–water partition coefficient (Wildman–Crippen LogP) is 5.29. The molecule has 3 rings (SSSR count). The zero-order valence-corrected chi connectivity index (χ0v) is 15.2. The molecular weight excluding hydrogens is 301 g/mol. The van der Waals surface area contributed by atoms with E-state index in [9.17, 15) is 9.50 Å². The van der Waals surface area contributed by atoms with E-state index in [1.807, 2.05) is 12.1 Å². The van der Waals surface area contributed by atoms with Crippen molar-refractivity contribution >= 4 is 0 Å². The van der Waals surface area contributed by atoms with Crippen molar-refractivity contribution in [2.24, 2.45) is 0 Å². The molecule has 3 heteroatoms. The molecule has 0 aliphatic heterocycles. The Morgan fingerprint density at radius 2 is 1.75 bits per heavy atom. The highest BCUT2D eigenvalue weighted by Gasteiger charge is 2.36. The highest BCUT2D eigenvalue weighted by molar-refractivity contribution is 5.74. The highest BCUT2D eigenvalue weighted by atomic mass is 19.1. The van der Waals surface area contributed by atoms with E-state index in [1.54, 1.807) is 6.92 Å². The van der Waals surface area contributed by atoms with Gasteiger partial charge in [-0.3, -0.25) is 4.98 Å². The van der Waals surface area contributed by atoms with Gasteiger partial charge < -0.3 is 5.11 Å². The van der Waals surface area contributed by atoms with Crippen LogP contribution in [0.4, 0.5) is 4.39 Å². The lowest BCUT2D eigenvalue weighted by Gasteiger charge is -2.25. The Balaban J connectivity index is 2.38. The molecule has 2 nitrogen and oxygen atoms in total. The number of benzene rings is 1. The zero-order valence-electron chi connectivity index (χ0n) is 15.2. The predicted molar refractivity (Wildman–Crippen MR) is 95.7 cm³/mol. The van der Waals surface area contributed by atoms with Crippen molar-refractivity contribution in [3.05, 3.63) is 52.6 Å². The minimum absolute atomic E-state index is 0.0327. The number of halogens is 1. The fourth-order valence-electron chi connectivity index (χ4n) is 3.83. The lowest BCUT2D eigenvalue weighted by atomic mass is 9.85. The molecule has 0 saturated carbocycles. The van der Waals surface area contributed by atoms with E-state index in [0.29, 0.717) is 0 Å². The Kier molecular flexibility index (Phi) is 4.25. The van der Waals surface area contributed by atoms with Crippen LogP contribution in [0.2, 0.25) is 0 Å². The van der Waals surface area contributed by atoms with Crippen LogP contribution in [0.15, 0.2) is 24.3 Å². The van der Waals surface area contributed by atoms with Crippen LogP contribution in [-0.2, 0) is 11.8 Å². The van der Waals surface area contributed by atoms with Crippen molar-refractivity contribution in [3.8, 4) is 11.1 Å². The average molecular weight is 327 g/mol. The smallest absolute Gasteiger partial charge is 0.123 e. The molecule has 1 aliphatic carbocycles. The molecule has 0 fully saturated rings. The van der Waals surface area contributed by atoms with E-state index in [1.165, 1.54) is 17.7 Å². The van der Waals surface area contributed by atoms with Gasteiger partial charge in [-0.05, 0) is 54.5 Å². The highest BCUT2D eigenvalue weighted by Crippen LogP contribution is 2.46. The summed E-state index contributed by atoms with van der Waals surface area (Å²) in [6, 6.07) is 6.60. The van der Waals surface area contributed by atoms with Gasteiger partial charge in [-0.1, -0.05) is 39.8 Å². The number of rotatable bonds is 3. The third kappa shape index (κ3) is 2.75. The Bertz CT molecular complexity index is 760. The number of hydrogen-bond donors (Lipinski definition) is 1. The van der Waals surface area contributed by atoms with Crippen LogP contribution >= 0.6 is 0 Å². The van der Waals surface area contributed by atoms with Gasteiger partial charge in [-0.25, -0.2) is 4.39 Å². The van der Waals surface area contributed by atoms with Gasteiger partial charge >= 0.3 is 0 Å². The molecule has 0 saturated heterocycles. The second-order valence-electron chi connectivity index (χ2n) is 7.83. The number of aliphatic hydroxyl groups excluding tert-OH is 1. The number of fused-ring (bicyclic) bond motifs is 1. The van der Waals surface area contributed by atoms with Crippen LogP contribution in [-0.4, -0.2) is 10.1 Å². The monoisotopic (exact) mass is 327 g/mol. The second-order valence-corrected chi connectivity index (χ2v) is 7.83. The molecule has 0 radical (unpaired) electrons. The quantitative estimate of drug-likeness (QED) is 0.831. The van der Waals surface area contributed by atoms with E-state index in [4.69, 9.17) is 4.98 Å². The lowest BCUT2D eigenvalue weighted by Crippen LogP contribution is -2.18. The first-order valence-electron chi connectivity index (χ1n) is 8.73. The summed E-state index contributed by atoms with van der Waals surface area (Å²) < 4.78 is 13.4. The lowest BCUT2D eigenvalue weighted by molar-refractivity contribution is 0.197. The Labute approximate surface area is 143 Å². The first-order valence-corrected chi connectivity index (χ1v) is 8.73. The molecule has 1 unspecified atom stereocenters. The van der Waals surface area contributed by atoms with Crippen LogP contribution in [0, 0.1) is 5.82 Å². The van der Waals surface area contributed by atoms with Crippen molar-refractivity contribution in [1.82, 2.24) is 4.98 Å². The third-order valence-electron chi connectivity index (χ3n) is 5.10. The van der Waals surface area contributed by atoms with Crippen LogP contribution in [0.25, 0.3) is 11.1 Å². The zero-order chi connectivity index (χ0) is 17.6. The molecule has 1 aliphatic rings.